The van der Waals surface area contributed by atoms with Crippen molar-refractivity contribution in [2.45, 2.75) is 62.7 Å². The molecule has 2 fully saturated rings. The second-order valence-electron chi connectivity index (χ2n) is 5.45. The van der Waals surface area contributed by atoms with Crippen LogP contribution in [-0.2, 0) is 0 Å². The Morgan fingerprint density at radius 1 is 1.27 bits per heavy atom. The molecule has 1 atom stereocenters. The van der Waals surface area contributed by atoms with Gasteiger partial charge in [-0.2, -0.15) is 11.8 Å². The molecule has 0 aliphatic heterocycles. The SMILES string of the molecule is CSC1(CNC(C)C2CC2)CCCCC1. The van der Waals surface area contributed by atoms with Crippen LogP contribution in [0.1, 0.15) is 51.9 Å². The molecule has 0 spiro atoms. The fourth-order valence-corrected chi connectivity index (χ4v) is 3.68. The van der Waals surface area contributed by atoms with Crippen LogP contribution >= 0.6 is 11.8 Å². The molecule has 15 heavy (non-hydrogen) atoms. The number of thioether (sulfide) groups is 1. The molecule has 1 N–H and O–H groups in total. The highest BCUT2D eigenvalue weighted by atomic mass is 32.2. The minimum atomic E-state index is 0.571. The predicted octanol–water partition coefficient (Wildman–Crippen LogP) is 3.44. The lowest BCUT2D eigenvalue weighted by atomic mass is 9.88. The van der Waals surface area contributed by atoms with Gasteiger partial charge in [-0.15, -0.1) is 0 Å². The molecular formula is C13H25NS. The van der Waals surface area contributed by atoms with Gasteiger partial charge in [-0.25, -0.2) is 0 Å². The Balaban J connectivity index is 1.78. The summed E-state index contributed by atoms with van der Waals surface area (Å²) in [6, 6.07) is 0.760. The van der Waals surface area contributed by atoms with E-state index >= 15 is 0 Å². The highest BCUT2D eigenvalue weighted by molar-refractivity contribution is 8.00. The van der Waals surface area contributed by atoms with E-state index in [9.17, 15) is 0 Å². The van der Waals surface area contributed by atoms with Crippen LogP contribution in [-0.4, -0.2) is 23.6 Å². The Morgan fingerprint density at radius 3 is 2.47 bits per heavy atom. The van der Waals surface area contributed by atoms with Crippen LogP contribution in [0.2, 0.25) is 0 Å². The topological polar surface area (TPSA) is 12.0 Å². The van der Waals surface area contributed by atoms with E-state index in [1.165, 1.54) is 51.5 Å². The summed E-state index contributed by atoms with van der Waals surface area (Å²) in [7, 11) is 0. The number of hydrogen-bond acceptors (Lipinski definition) is 2. The average Bonchev–Trinajstić information content (AvgIpc) is 3.11. The van der Waals surface area contributed by atoms with Gasteiger partial charge in [0.2, 0.25) is 0 Å². The van der Waals surface area contributed by atoms with Crippen LogP contribution in [0, 0.1) is 5.92 Å². The normalized spacial score (nSPS) is 27.6. The van der Waals surface area contributed by atoms with Crippen LogP contribution in [0.5, 0.6) is 0 Å². The van der Waals surface area contributed by atoms with Crippen molar-refractivity contribution < 1.29 is 0 Å². The molecule has 0 radical (unpaired) electrons. The molecule has 0 aromatic rings. The van der Waals surface area contributed by atoms with Crippen molar-refractivity contribution in [1.82, 2.24) is 5.32 Å². The zero-order valence-electron chi connectivity index (χ0n) is 10.2. The summed E-state index contributed by atoms with van der Waals surface area (Å²) in [5, 5.41) is 3.79. The molecule has 1 nitrogen and oxygen atoms in total. The van der Waals surface area contributed by atoms with Crippen molar-refractivity contribution in [3.63, 3.8) is 0 Å². The predicted molar refractivity (Wildman–Crippen MR) is 69.5 cm³/mol. The van der Waals surface area contributed by atoms with Crippen molar-refractivity contribution in [3.8, 4) is 0 Å². The third-order valence-corrected chi connectivity index (χ3v) is 5.69. The van der Waals surface area contributed by atoms with Crippen molar-refractivity contribution >= 4 is 11.8 Å². The van der Waals surface area contributed by atoms with Gasteiger partial charge in [0.1, 0.15) is 0 Å². The average molecular weight is 227 g/mol. The van der Waals surface area contributed by atoms with E-state index in [2.05, 4.69) is 30.3 Å². The first-order valence-corrected chi connectivity index (χ1v) is 7.77. The maximum atomic E-state index is 3.79. The minimum Gasteiger partial charge on any atom is -0.313 e. The van der Waals surface area contributed by atoms with Crippen molar-refractivity contribution in [2.75, 3.05) is 12.8 Å². The van der Waals surface area contributed by atoms with Gasteiger partial charge >= 0.3 is 0 Å². The molecule has 2 aliphatic carbocycles. The Morgan fingerprint density at radius 2 is 1.93 bits per heavy atom. The summed E-state index contributed by atoms with van der Waals surface area (Å²) >= 11 is 2.10. The second-order valence-corrected chi connectivity index (χ2v) is 6.73. The smallest absolute Gasteiger partial charge is 0.0281 e. The third kappa shape index (κ3) is 3.13. The van der Waals surface area contributed by atoms with E-state index in [1.54, 1.807) is 0 Å². The maximum absolute atomic E-state index is 3.79. The maximum Gasteiger partial charge on any atom is 0.0281 e. The Labute approximate surface area is 98.8 Å². The Hall–Kier alpha value is 0.310. The number of nitrogens with one attached hydrogen (secondary N) is 1. The number of rotatable bonds is 5. The van der Waals surface area contributed by atoms with E-state index in [-0.39, 0.29) is 0 Å². The van der Waals surface area contributed by atoms with Gasteiger partial charge in [0.05, 0.1) is 0 Å². The van der Waals surface area contributed by atoms with E-state index in [1.807, 2.05) is 0 Å². The first-order chi connectivity index (χ1) is 7.26. The molecule has 0 bridgehead atoms. The van der Waals surface area contributed by atoms with Crippen LogP contribution in [0.3, 0.4) is 0 Å². The summed E-state index contributed by atoms with van der Waals surface area (Å²) in [5.74, 6) is 0.993. The highest BCUT2D eigenvalue weighted by Gasteiger charge is 2.33. The summed E-state index contributed by atoms with van der Waals surface area (Å²) in [4.78, 5) is 0. The lowest BCUT2D eigenvalue weighted by Crippen LogP contribution is -2.43. The molecule has 2 saturated carbocycles. The molecule has 0 aromatic carbocycles. The minimum absolute atomic E-state index is 0.571. The van der Waals surface area contributed by atoms with Gasteiger partial charge < -0.3 is 5.32 Å². The van der Waals surface area contributed by atoms with Crippen LogP contribution in [0.25, 0.3) is 0 Å². The molecule has 1 unspecified atom stereocenters. The van der Waals surface area contributed by atoms with Crippen LogP contribution < -0.4 is 5.32 Å². The molecule has 88 valence electrons. The molecule has 2 aliphatic rings. The molecular weight excluding hydrogens is 202 g/mol. The largest absolute Gasteiger partial charge is 0.313 e. The van der Waals surface area contributed by atoms with E-state index < -0.39 is 0 Å². The molecule has 0 aromatic heterocycles. The standard InChI is InChI=1S/C13H25NS/c1-11(12-6-7-12)14-10-13(15-2)8-4-3-5-9-13/h11-12,14H,3-10H2,1-2H3. The van der Waals surface area contributed by atoms with Crippen molar-refractivity contribution in [3.05, 3.63) is 0 Å². The Bertz CT molecular complexity index is 195. The first kappa shape index (κ1) is 11.8. The lowest BCUT2D eigenvalue weighted by molar-refractivity contribution is 0.357. The van der Waals surface area contributed by atoms with Crippen molar-refractivity contribution in [2.24, 2.45) is 5.92 Å². The lowest BCUT2D eigenvalue weighted by Gasteiger charge is -2.37. The van der Waals surface area contributed by atoms with Gasteiger partial charge in [-0.3, -0.25) is 0 Å². The second kappa shape index (κ2) is 5.09. The fourth-order valence-electron chi connectivity index (χ4n) is 2.76. The van der Waals surface area contributed by atoms with Gasteiger partial charge in [-0.05, 0) is 44.8 Å². The fraction of sp³-hybridized carbons (Fsp3) is 1.00. The van der Waals surface area contributed by atoms with Crippen LogP contribution in [0.15, 0.2) is 0 Å². The first-order valence-electron chi connectivity index (χ1n) is 6.54. The zero-order valence-corrected chi connectivity index (χ0v) is 11.0. The van der Waals surface area contributed by atoms with Gasteiger partial charge in [0.25, 0.3) is 0 Å². The van der Waals surface area contributed by atoms with E-state index in [4.69, 9.17) is 0 Å². The van der Waals surface area contributed by atoms with Crippen LogP contribution in [0.4, 0.5) is 0 Å². The van der Waals surface area contributed by atoms with Gasteiger partial charge in [0.15, 0.2) is 0 Å². The third-order valence-electron chi connectivity index (χ3n) is 4.27. The quantitative estimate of drug-likeness (QED) is 0.772. The van der Waals surface area contributed by atoms with Gasteiger partial charge in [-0.1, -0.05) is 19.3 Å². The highest BCUT2D eigenvalue weighted by Crippen LogP contribution is 2.39. The zero-order chi connectivity index (χ0) is 10.7. The van der Waals surface area contributed by atoms with E-state index in [0.717, 1.165) is 12.0 Å². The van der Waals surface area contributed by atoms with E-state index in [0.29, 0.717) is 4.75 Å². The molecule has 2 heteroatoms. The monoisotopic (exact) mass is 227 g/mol. The summed E-state index contributed by atoms with van der Waals surface area (Å²) < 4.78 is 0.571. The van der Waals surface area contributed by atoms with Gasteiger partial charge in [0, 0.05) is 17.3 Å². The molecule has 0 heterocycles. The summed E-state index contributed by atoms with van der Waals surface area (Å²) in [5.41, 5.74) is 0. The molecule has 2 rings (SSSR count). The molecule has 0 amide bonds. The summed E-state index contributed by atoms with van der Waals surface area (Å²) in [6.45, 7) is 3.61. The number of hydrogen-bond donors (Lipinski definition) is 1. The Kier molecular flexibility index (Phi) is 4.00. The summed E-state index contributed by atoms with van der Waals surface area (Å²) in [6.07, 6.45) is 12.4. The van der Waals surface area contributed by atoms with Crippen molar-refractivity contribution in [1.29, 1.82) is 0 Å². The molecule has 0 saturated heterocycles.